The zero-order valence-electron chi connectivity index (χ0n) is 23.4. The third-order valence-corrected chi connectivity index (χ3v) is 7.56. The van der Waals surface area contributed by atoms with Crippen LogP contribution in [0.1, 0.15) is 64.5 Å². The van der Waals surface area contributed by atoms with Gasteiger partial charge >= 0.3 is 0 Å². The molecule has 1 aromatic rings. The van der Waals surface area contributed by atoms with Gasteiger partial charge in [-0.15, -0.1) is 0 Å². The molecule has 1 aliphatic heterocycles. The summed E-state index contributed by atoms with van der Waals surface area (Å²) in [4.78, 5) is 12.9. The number of rotatable bonds is 16. The van der Waals surface area contributed by atoms with Crippen LogP contribution in [0.2, 0.25) is 0 Å². The van der Waals surface area contributed by atoms with Gasteiger partial charge in [-0.2, -0.15) is 0 Å². The fourth-order valence-corrected chi connectivity index (χ4v) is 4.92. The van der Waals surface area contributed by atoms with E-state index in [2.05, 4.69) is 49.6 Å². The van der Waals surface area contributed by atoms with Crippen LogP contribution in [-0.2, 0) is 16.0 Å². The molecule has 2 unspecified atom stereocenters. The first-order valence-corrected chi connectivity index (χ1v) is 13.8. The number of aliphatic hydroxyl groups excluding tert-OH is 1. The Balaban J connectivity index is 1.97. The van der Waals surface area contributed by atoms with Crippen LogP contribution >= 0.6 is 0 Å². The summed E-state index contributed by atoms with van der Waals surface area (Å²) in [7, 11) is 1.70. The predicted molar refractivity (Wildman–Crippen MR) is 146 cm³/mol. The molecule has 1 heterocycles. The Bertz CT molecular complexity index is 780. The minimum atomic E-state index is -0.719. The van der Waals surface area contributed by atoms with E-state index in [0.717, 1.165) is 43.7 Å². The van der Waals surface area contributed by atoms with Gasteiger partial charge in [-0.1, -0.05) is 39.8 Å². The second-order valence-corrected chi connectivity index (χ2v) is 11.3. The first-order valence-electron chi connectivity index (χ1n) is 13.8. The third kappa shape index (κ3) is 10.0. The Morgan fingerprint density at radius 3 is 2.56 bits per heavy atom. The molecule has 5 atom stereocenters. The van der Waals surface area contributed by atoms with Crippen molar-refractivity contribution < 1.29 is 19.4 Å². The van der Waals surface area contributed by atoms with E-state index in [4.69, 9.17) is 15.2 Å². The van der Waals surface area contributed by atoms with Crippen LogP contribution in [0.4, 0.5) is 0 Å². The first kappa shape index (κ1) is 30.6. The van der Waals surface area contributed by atoms with Crippen LogP contribution in [-0.4, -0.2) is 62.6 Å². The Morgan fingerprint density at radius 1 is 1.19 bits per heavy atom. The molecule has 7 nitrogen and oxygen atoms in total. The van der Waals surface area contributed by atoms with Crippen molar-refractivity contribution in [3.63, 3.8) is 0 Å². The SMILES string of the molecule is COCCCOc1cc(CC(C[C@H](N)C(O)C[C@H](C(=O)N[C@H]2CCNC2)C(C)C)C(C)C)ccc1C. The minimum absolute atomic E-state index is 0.0306. The molecule has 1 aliphatic rings. The maximum atomic E-state index is 12.9. The molecular formula is C29H51N3O4. The molecule has 1 saturated heterocycles. The van der Waals surface area contributed by atoms with Gasteiger partial charge in [0.2, 0.25) is 5.91 Å². The molecule has 0 radical (unpaired) electrons. The maximum Gasteiger partial charge on any atom is 0.223 e. The van der Waals surface area contributed by atoms with Gasteiger partial charge in [0.15, 0.2) is 0 Å². The number of carbonyl (C=O) groups is 1. The van der Waals surface area contributed by atoms with Crippen molar-refractivity contribution in [1.29, 1.82) is 0 Å². The number of methoxy groups -OCH3 is 1. The van der Waals surface area contributed by atoms with Crippen molar-refractivity contribution in [3.8, 4) is 5.75 Å². The molecule has 2 rings (SSSR count). The average Bonchev–Trinajstić information content (AvgIpc) is 3.33. The van der Waals surface area contributed by atoms with E-state index in [1.165, 1.54) is 5.56 Å². The molecule has 0 spiro atoms. The molecule has 0 aliphatic carbocycles. The largest absolute Gasteiger partial charge is 0.493 e. The number of nitrogens with one attached hydrogen (secondary N) is 2. The average molecular weight is 506 g/mol. The molecular weight excluding hydrogens is 454 g/mol. The minimum Gasteiger partial charge on any atom is -0.493 e. The lowest BCUT2D eigenvalue weighted by Crippen LogP contribution is -2.45. The number of nitrogens with two attached hydrogens (primary N) is 1. The molecule has 0 saturated carbocycles. The fourth-order valence-electron chi connectivity index (χ4n) is 4.92. The first-order chi connectivity index (χ1) is 17.1. The highest BCUT2D eigenvalue weighted by atomic mass is 16.5. The Kier molecular flexibility index (Phi) is 13.2. The maximum absolute atomic E-state index is 12.9. The second kappa shape index (κ2) is 15.6. The van der Waals surface area contributed by atoms with Gasteiger partial charge < -0.3 is 30.9 Å². The summed E-state index contributed by atoms with van der Waals surface area (Å²) in [6.45, 7) is 13.6. The Morgan fingerprint density at radius 2 is 1.94 bits per heavy atom. The highest BCUT2D eigenvalue weighted by molar-refractivity contribution is 5.79. The summed E-state index contributed by atoms with van der Waals surface area (Å²) in [5.74, 6) is 1.56. The number of benzene rings is 1. The standard InChI is InChI=1S/C29H51N3O4/c1-19(2)23(14-22-9-8-21(5)28(15-22)36-13-7-12-35-6)16-26(30)27(33)17-25(20(3)4)29(34)32-24-10-11-31-18-24/h8-9,15,19-20,23-27,31,33H,7,10-14,16-18,30H2,1-6H3,(H,32,34)/t23?,24-,25-,26-,27?/m0/s1. The monoisotopic (exact) mass is 505 g/mol. The number of hydrogen-bond acceptors (Lipinski definition) is 6. The van der Waals surface area contributed by atoms with Gasteiger partial charge in [0.05, 0.1) is 12.7 Å². The summed E-state index contributed by atoms with van der Waals surface area (Å²) in [5.41, 5.74) is 8.88. The van der Waals surface area contributed by atoms with E-state index < -0.39 is 6.10 Å². The van der Waals surface area contributed by atoms with Gasteiger partial charge in [-0.3, -0.25) is 4.79 Å². The van der Waals surface area contributed by atoms with E-state index in [0.29, 0.717) is 37.9 Å². The van der Waals surface area contributed by atoms with E-state index >= 15 is 0 Å². The van der Waals surface area contributed by atoms with Gasteiger partial charge in [-0.05, 0) is 74.1 Å². The van der Waals surface area contributed by atoms with Crippen molar-refractivity contribution in [2.45, 2.75) is 84.9 Å². The molecule has 0 aromatic heterocycles. The van der Waals surface area contributed by atoms with Crippen molar-refractivity contribution in [2.24, 2.45) is 29.4 Å². The molecule has 1 fully saturated rings. The summed E-state index contributed by atoms with van der Waals surface area (Å²) in [6.07, 6.45) is 3.05. The summed E-state index contributed by atoms with van der Waals surface area (Å²) < 4.78 is 11.1. The van der Waals surface area contributed by atoms with Crippen LogP contribution < -0.4 is 21.1 Å². The summed E-state index contributed by atoms with van der Waals surface area (Å²) >= 11 is 0. The fraction of sp³-hybridized carbons (Fsp3) is 0.759. The zero-order chi connectivity index (χ0) is 26.7. The van der Waals surface area contributed by atoms with Gasteiger partial charge in [-0.25, -0.2) is 0 Å². The summed E-state index contributed by atoms with van der Waals surface area (Å²) in [5, 5.41) is 17.5. The number of hydrogen-bond donors (Lipinski definition) is 4. The number of aliphatic hydroxyl groups is 1. The van der Waals surface area contributed by atoms with E-state index in [1.54, 1.807) is 7.11 Å². The zero-order valence-corrected chi connectivity index (χ0v) is 23.4. The van der Waals surface area contributed by atoms with Crippen molar-refractivity contribution in [2.75, 3.05) is 33.4 Å². The molecule has 36 heavy (non-hydrogen) atoms. The van der Waals surface area contributed by atoms with E-state index in [-0.39, 0.29) is 29.8 Å². The van der Waals surface area contributed by atoms with Crippen LogP contribution in [0, 0.1) is 30.6 Å². The molecule has 1 aromatic carbocycles. The topological polar surface area (TPSA) is 106 Å². The van der Waals surface area contributed by atoms with Crippen molar-refractivity contribution >= 4 is 5.91 Å². The molecule has 7 heteroatoms. The summed E-state index contributed by atoms with van der Waals surface area (Å²) in [6, 6.07) is 6.20. The van der Waals surface area contributed by atoms with Gasteiger partial charge in [0.25, 0.3) is 0 Å². The normalized spacial score (nSPS) is 19.3. The van der Waals surface area contributed by atoms with Crippen molar-refractivity contribution in [1.82, 2.24) is 10.6 Å². The quantitative estimate of drug-likeness (QED) is 0.257. The van der Waals surface area contributed by atoms with E-state index in [1.807, 2.05) is 13.8 Å². The highest BCUT2D eigenvalue weighted by Crippen LogP contribution is 2.28. The third-order valence-electron chi connectivity index (χ3n) is 7.56. The van der Waals surface area contributed by atoms with Gasteiger partial charge in [0, 0.05) is 44.7 Å². The lowest BCUT2D eigenvalue weighted by atomic mass is 9.80. The van der Waals surface area contributed by atoms with Crippen molar-refractivity contribution in [3.05, 3.63) is 29.3 Å². The highest BCUT2D eigenvalue weighted by Gasteiger charge is 2.31. The lowest BCUT2D eigenvalue weighted by Gasteiger charge is -2.30. The smallest absolute Gasteiger partial charge is 0.223 e. The predicted octanol–water partition coefficient (Wildman–Crippen LogP) is 3.44. The molecule has 1 amide bonds. The number of aryl methyl sites for hydroxylation is 1. The Hall–Kier alpha value is -1.67. The number of carbonyl (C=O) groups excluding carboxylic acids is 1. The second-order valence-electron chi connectivity index (χ2n) is 11.3. The van der Waals surface area contributed by atoms with Crippen LogP contribution in [0.5, 0.6) is 5.75 Å². The van der Waals surface area contributed by atoms with Gasteiger partial charge in [0.1, 0.15) is 5.75 Å². The lowest BCUT2D eigenvalue weighted by molar-refractivity contribution is -0.128. The molecule has 206 valence electrons. The number of amides is 1. The van der Waals surface area contributed by atoms with Crippen LogP contribution in [0.25, 0.3) is 0 Å². The Labute approximate surface area is 218 Å². The molecule has 0 bridgehead atoms. The van der Waals surface area contributed by atoms with Crippen LogP contribution in [0.15, 0.2) is 18.2 Å². The van der Waals surface area contributed by atoms with Crippen LogP contribution in [0.3, 0.4) is 0 Å². The number of ether oxygens (including phenoxy) is 2. The van der Waals surface area contributed by atoms with E-state index in [9.17, 15) is 9.90 Å². The molecule has 5 N–H and O–H groups in total.